The molecule has 0 spiro atoms. The van der Waals surface area contributed by atoms with Gasteiger partial charge in [0.15, 0.2) is 5.96 Å². The number of amides is 3. The van der Waals surface area contributed by atoms with Crippen molar-refractivity contribution in [2.45, 2.75) is 43.8 Å². The molecular formula is C22H35N7O5S. The van der Waals surface area contributed by atoms with E-state index >= 15 is 0 Å². The molecule has 0 saturated heterocycles. The number of guanidine groups is 1. The van der Waals surface area contributed by atoms with Crippen molar-refractivity contribution in [1.29, 1.82) is 0 Å². The zero-order chi connectivity index (χ0) is 26.2. The van der Waals surface area contributed by atoms with Gasteiger partial charge in [0.1, 0.15) is 18.6 Å². The van der Waals surface area contributed by atoms with Gasteiger partial charge >= 0.3 is 5.97 Å². The van der Waals surface area contributed by atoms with Gasteiger partial charge in [-0.05, 0) is 43.3 Å². The van der Waals surface area contributed by atoms with Crippen LogP contribution in [-0.4, -0.2) is 78.0 Å². The third-order valence-electron chi connectivity index (χ3n) is 4.87. The first kappa shape index (κ1) is 29.7. The topological polar surface area (TPSA) is 215 Å². The minimum absolute atomic E-state index is 0.104. The van der Waals surface area contributed by atoms with Crippen molar-refractivity contribution < 1.29 is 24.3 Å². The van der Waals surface area contributed by atoms with Crippen molar-refractivity contribution in [3.63, 3.8) is 0 Å². The van der Waals surface area contributed by atoms with Gasteiger partial charge in [0.25, 0.3) is 0 Å². The first-order valence-electron chi connectivity index (χ1n) is 11.1. The SMILES string of the molecule is CSCCC(NC(=O)C(N)Cc1ccccc1)C(=O)NC(CCCN=C(N)N)C(=O)NCC(=O)O. The van der Waals surface area contributed by atoms with Crippen LogP contribution in [-0.2, 0) is 25.6 Å². The van der Waals surface area contributed by atoms with Crippen LogP contribution in [0.5, 0.6) is 0 Å². The van der Waals surface area contributed by atoms with E-state index in [2.05, 4.69) is 20.9 Å². The highest BCUT2D eigenvalue weighted by Crippen LogP contribution is 2.06. The summed E-state index contributed by atoms with van der Waals surface area (Å²) in [4.78, 5) is 52.9. The van der Waals surface area contributed by atoms with Gasteiger partial charge in [0.05, 0.1) is 6.04 Å². The molecule has 0 aliphatic carbocycles. The summed E-state index contributed by atoms with van der Waals surface area (Å²) in [5.41, 5.74) is 17.5. The molecule has 1 aromatic carbocycles. The number of nitrogens with zero attached hydrogens (tertiary/aromatic N) is 1. The van der Waals surface area contributed by atoms with Crippen LogP contribution in [0.3, 0.4) is 0 Å². The third kappa shape index (κ3) is 12.6. The quantitative estimate of drug-likeness (QED) is 0.0785. The number of hydrogen-bond donors (Lipinski definition) is 7. The summed E-state index contributed by atoms with van der Waals surface area (Å²) < 4.78 is 0. The molecule has 0 saturated carbocycles. The van der Waals surface area contributed by atoms with Crippen LogP contribution >= 0.6 is 11.8 Å². The van der Waals surface area contributed by atoms with Crippen molar-refractivity contribution in [3.8, 4) is 0 Å². The monoisotopic (exact) mass is 509 g/mol. The van der Waals surface area contributed by atoms with Gasteiger partial charge in [0, 0.05) is 6.54 Å². The maximum atomic E-state index is 13.0. The van der Waals surface area contributed by atoms with Crippen molar-refractivity contribution in [2.75, 3.05) is 25.1 Å². The first-order chi connectivity index (χ1) is 16.6. The Hall–Kier alpha value is -3.32. The van der Waals surface area contributed by atoms with Gasteiger partial charge in [-0.2, -0.15) is 11.8 Å². The van der Waals surface area contributed by atoms with Crippen LogP contribution in [0.15, 0.2) is 35.3 Å². The summed E-state index contributed by atoms with van der Waals surface area (Å²) in [6.45, 7) is -0.373. The van der Waals surface area contributed by atoms with E-state index in [0.717, 1.165) is 5.56 Å². The zero-order valence-electron chi connectivity index (χ0n) is 19.7. The third-order valence-corrected chi connectivity index (χ3v) is 5.51. The smallest absolute Gasteiger partial charge is 0.322 e. The summed E-state index contributed by atoms with van der Waals surface area (Å²) >= 11 is 1.50. The van der Waals surface area contributed by atoms with Crippen LogP contribution in [0, 0.1) is 0 Å². The second kappa shape index (κ2) is 16.3. The summed E-state index contributed by atoms with van der Waals surface area (Å²) in [5, 5.41) is 16.4. The van der Waals surface area contributed by atoms with E-state index in [1.165, 1.54) is 11.8 Å². The van der Waals surface area contributed by atoms with E-state index in [1.807, 2.05) is 36.6 Å². The maximum absolute atomic E-state index is 13.0. The largest absolute Gasteiger partial charge is 0.480 e. The lowest BCUT2D eigenvalue weighted by molar-refractivity contribution is -0.138. The Morgan fingerprint density at radius 2 is 1.63 bits per heavy atom. The molecule has 0 radical (unpaired) electrons. The van der Waals surface area contributed by atoms with E-state index in [4.69, 9.17) is 22.3 Å². The lowest BCUT2D eigenvalue weighted by Gasteiger charge is -2.24. The highest BCUT2D eigenvalue weighted by Gasteiger charge is 2.28. The Kier molecular flexibility index (Phi) is 13.9. The van der Waals surface area contributed by atoms with Crippen LogP contribution < -0.4 is 33.2 Å². The number of aliphatic carboxylic acids is 1. The number of nitrogens with two attached hydrogens (primary N) is 3. The number of carbonyl (C=O) groups excluding carboxylic acids is 3. The van der Waals surface area contributed by atoms with E-state index in [9.17, 15) is 19.2 Å². The fourth-order valence-corrected chi connectivity index (χ4v) is 3.55. The van der Waals surface area contributed by atoms with E-state index < -0.39 is 48.4 Å². The molecule has 10 N–H and O–H groups in total. The van der Waals surface area contributed by atoms with Gasteiger partial charge in [-0.1, -0.05) is 30.3 Å². The molecule has 0 aliphatic rings. The van der Waals surface area contributed by atoms with Gasteiger partial charge in [-0.3, -0.25) is 24.2 Å². The van der Waals surface area contributed by atoms with Gasteiger partial charge in [0.2, 0.25) is 17.7 Å². The number of nitrogens with one attached hydrogen (secondary N) is 3. The zero-order valence-corrected chi connectivity index (χ0v) is 20.6. The average molecular weight is 510 g/mol. The molecule has 0 fully saturated rings. The number of hydrogen-bond acceptors (Lipinski definition) is 7. The fraction of sp³-hybridized carbons (Fsp3) is 0.500. The molecule has 12 nitrogen and oxygen atoms in total. The van der Waals surface area contributed by atoms with Crippen LogP contribution in [0.1, 0.15) is 24.8 Å². The Balaban J connectivity index is 2.86. The average Bonchev–Trinajstić information content (AvgIpc) is 2.82. The second-order valence-electron chi connectivity index (χ2n) is 7.76. The predicted molar refractivity (Wildman–Crippen MR) is 136 cm³/mol. The molecule has 0 bridgehead atoms. The summed E-state index contributed by atoms with van der Waals surface area (Å²) in [7, 11) is 0. The molecule has 0 heterocycles. The van der Waals surface area contributed by atoms with Crippen LogP contribution in [0.4, 0.5) is 0 Å². The molecule has 13 heteroatoms. The normalized spacial score (nSPS) is 13.1. The molecule has 0 aliphatic heterocycles. The molecule has 3 unspecified atom stereocenters. The standard InChI is InChI=1S/C22H35N7O5S/c1-35-11-9-17(28-19(32)15(23)12-14-6-3-2-4-7-14)21(34)29-16(8-5-10-26-22(24)25)20(33)27-13-18(30)31/h2-4,6-7,15-17H,5,8-13,23H2,1H3,(H,27,33)(H,28,32)(H,29,34)(H,30,31)(H4,24,25,26). The van der Waals surface area contributed by atoms with Crippen molar-refractivity contribution in [3.05, 3.63) is 35.9 Å². The minimum Gasteiger partial charge on any atom is -0.480 e. The first-order valence-corrected chi connectivity index (χ1v) is 12.5. The summed E-state index contributed by atoms with van der Waals surface area (Å²) in [6.07, 6.45) is 2.99. The highest BCUT2D eigenvalue weighted by atomic mass is 32.2. The maximum Gasteiger partial charge on any atom is 0.322 e. The lowest BCUT2D eigenvalue weighted by atomic mass is 10.0. The number of carboxylic acids is 1. The van der Waals surface area contributed by atoms with E-state index in [-0.39, 0.29) is 18.9 Å². The molecule has 3 atom stereocenters. The van der Waals surface area contributed by atoms with Crippen LogP contribution in [0.2, 0.25) is 0 Å². The molecule has 0 aromatic heterocycles. The van der Waals surface area contributed by atoms with Crippen molar-refractivity contribution >= 4 is 41.4 Å². The number of aliphatic imine (C=N–C) groups is 1. The van der Waals surface area contributed by atoms with Gasteiger partial charge < -0.3 is 38.3 Å². The molecule has 1 aromatic rings. The Morgan fingerprint density at radius 1 is 1.00 bits per heavy atom. The number of thioether (sulfide) groups is 1. The predicted octanol–water partition coefficient (Wildman–Crippen LogP) is -1.47. The highest BCUT2D eigenvalue weighted by molar-refractivity contribution is 7.98. The molecule has 35 heavy (non-hydrogen) atoms. The Morgan fingerprint density at radius 3 is 2.23 bits per heavy atom. The summed E-state index contributed by atoms with van der Waals surface area (Å²) in [5.74, 6) is -2.48. The van der Waals surface area contributed by atoms with E-state index in [0.29, 0.717) is 25.0 Å². The van der Waals surface area contributed by atoms with Crippen molar-refractivity contribution in [2.24, 2.45) is 22.2 Å². The Bertz CT molecular complexity index is 865. The fourth-order valence-electron chi connectivity index (χ4n) is 3.07. The Labute approximate surface area is 208 Å². The molecular weight excluding hydrogens is 474 g/mol. The molecule has 194 valence electrons. The number of benzene rings is 1. The minimum atomic E-state index is -1.22. The van der Waals surface area contributed by atoms with Crippen LogP contribution in [0.25, 0.3) is 0 Å². The number of carbonyl (C=O) groups is 4. The van der Waals surface area contributed by atoms with Crippen molar-refractivity contribution in [1.82, 2.24) is 16.0 Å². The van der Waals surface area contributed by atoms with Gasteiger partial charge in [-0.25, -0.2) is 0 Å². The number of carboxylic acid groups (broad SMARTS) is 1. The molecule has 3 amide bonds. The second-order valence-corrected chi connectivity index (χ2v) is 8.75. The van der Waals surface area contributed by atoms with E-state index in [1.54, 1.807) is 0 Å². The summed E-state index contributed by atoms with van der Waals surface area (Å²) in [6, 6.07) is 6.43. The molecule has 1 rings (SSSR count). The van der Waals surface area contributed by atoms with Gasteiger partial charge in [-0.15, -0.1) is 0 Å². The lowest BCUT2D eigenvalue weighted by Crippen LogP contribution is -2.56. The number of rotatable bonds is 16.